The SMILES string of the molecule is O=C([O-])C1(c2ccc(-c3ccc(O[C@H]4O[C@H](CO)[C@@H](O)[C@H](O)[C@@H]4O)cc3)cc2)CC1.[Na+]. The summed E-state index contributed by atoms with van der Waals surface area (Å²) < 4.78 is 10.9. The fourth-order valence-corrected chi connectivity index (χ4v) is 3.74. The third-order valence-electron chi connectivity index (χ3n) is 5.87. The van der Waals surface area contributed by atoms with Gasteiger partial charge in [-0.15, -0.1) is 0 Å². The number of carbonyl (C=O) groups excluding carboxylic acids is 1. The monoisotopic (exact) mass is 438 g/mol. The maximum absolute atomic E-state index is 11.3. The average molecular weight is 438 g/mol. The Labute approximate surface area is 201 Å². The largest absolute Gasteiger partial charge is 1.00 e. The third kappa shape index (κ3) is 4.67. The minimum Gasteiger partial charge on any atom is -0.549 e. The zero-order valence-electron chi connectivity index (χ0n) is 17.0. The van der Waals surface area contributed by atoms with Crippen LogP contribution in [0.1, 0.15) is 18.4 Å². The molecule has 4 rings (SSSR count). The van der Waals surface area contributed by atoms with E-state index >= 15 is 0 Å². The van der Waals surface area contributed by atoms with Gasteiger partial charge in [-0.3, -0.25) is 0 Å². The van der Waals surface area contributed by atoms with Crippen molar-refractivity contribution in [3.63, 3.8) is 0 Å². The number of ether oxygens (including phenoxy) is 2. The third-order valence-corrected chi connectivity index (χ3v) is 5.87. The van der Waals surface area contributed by atoms with Gasteiger partial charge in [-0.05, 0) is 41.7 Å². The summed E-state index contributed by atoms with van der Waals surface area (Å²) in [6.07, 6.45) is -5.52. The average Bonchev–Trinajstić information content (AvgIpc) is 3.57. The number of hydrogen-bond donors (Lipinski definition) is 4. The van der Waals surface area contributed by atoms with Gasteiger partial charge in [-0.25, -0.2) is 0 Å². The van der Waals surface area contributed by atoms with E-state index in [1.807, 2.05) is 12.1 Å². The molecular weight excluding hydrogens is 415 g/mol. The summed E-state index contributed by atoms with van der Waals surface area (Å²) >= 11 is 0. The number of benzene rings is 2. The van der Waals surface area contributed by atoms with Gasteiger partial charge in [0.1, 0.15) is 30.2 Å². The summed E-state index contributed by atoms with van der Waals surface area (Å²) in [6.45, 7) is -0.529. The Morgan fingerprint density at radius 3 is 2.00 bits per heavy atom. The number of carboxylic acid groups (broad SMARTS) is 1. The molecule has 31 heavy (non-hydrogen) atoms. The van der Waals surface area contributed by atoms with Gasteiger partial charge in [-0.1, -0.05) is 36.4 Å². The molecule has 1 aliphatic heterocycles. The van der Waals surface area contributed by atoms with Crippen molar-refractivity contribution in [3.05, 3.63) is 54.1 Å². The van der Waals surface area contributed by atoms with Crippen LogP contribution in [0.15, 0.2) is 48.5 Å². The number of hydrogen-bond acceptors (Lipinski definition) is 8. The van der Waals surface area contributed by atoms with Gasteiger partial charge in [0.25, 0.3) is 0 Å². The predicted octanol–water partition coefficient (Wildman–Crippen LogP) is -3.68. The summed E-state index contributed by atoms with van der Waals surface area (Å²) in [5.74, 6) is -0.668. The van der Waals surface area contributed by atoms with Crippen molar-refractivity contribution in [2.75, 3.05) is 6.61 Å². The predicted molar refractivity (Wildman–Crippen MR) is 102 cm³/mol. The van der Waals surface area contributed by atoms with E-state index < -0.39 is 48.7 Å². The summed E-state index contributed by atoms with van der Waals surface area (Å²) in [7, 11) is 0. The molecule has 2 aliphatic rings. The molecule has 0 spiro atoms. The number of aliphatic hydroxyl groups is 4. The first-order chi connectivity index (χ1) is 14.4. The molecule has 1 saturated heterocycles. The van der Waals surface area contributed by atoms with Gasteiger partial charge in [0.15, 0.2) is 0 Å². The molecule has 2 aromatic carbocycles. The van der Waals surface area contributed by atoms with Crippen LogP contribution in [0.25, 0.3) is 11.1 Å². The van der Waals surface area contributed by atoms with Crippen LogP contribution in [0.3, 0.4) is 0 Å². The van der Waals surface area contributed by atoms with Gasteiger partial charge < -0.3 is 39.8 Å². The van der Waals surface area contributed by atoms with E-state index in [1.54, 1.807) is 36.4 Å². The molecule has 9 heteroatoms. The second-order valence-electron chi connectivity index (χ2n) is 7.79. The molecule has 0 bridgehead atoms. The first-order valence-electron chi connectivity index (χ1n) is 9.75. The van der Waals surface area contributed by atoms with E-state index in [0.717, 1.165) is 16.7 Å². The van der Waals surface area contributed by atoms with Crippen LogP contribution >= 0.6 is 0 Å². The molecule has 1 aliphatic carbocycles. The summed E-state index contributed by atoms with van der Waals surface area (Å²) in [5.41, 5.74) is 1.67. The van der Waals surface area contributed by atoms with Crippen LogP contribution in [-0.2, 0) is 14.9 Å². The Kier molecular flexibility index (Phi) is 7.45. The molecule has 8 nitrogen and oxygen atoms in total. The Bertz CT molecular complexity index is 895. The zero-order valence-corrected chi connectivity index (χ0v) is 19.0. The van der Waals surface area contributed by atoms with Gasteiger partial charge in [0.05, 0.1) is 12.6 Å². The van der Waals surface area contributed by atoms with Crippen molar-refractivity contribution in [2.24, 2.45) is 0 Å². The fraction of sp³-hybridized carbons (Fsp3) is 0.409. The van der Waals surface area contributed by atoms with Gasteiger partial charge in [-0.2, -0.15) is 0 Å². The molecule has 0 radical (unpaired) electrons. The van der Waals surface area contributed by atoms with Gasteiger partial charge in [0.2, 0.25) is 6.29 Å². The number of aliphatic hydroxyl groups excluding tert-OH is 4. The topological polar surface area (TPSA) is 140 Å². The number of rotatable bonds is 6. The van der Waals surface area contributed by atoms with Gasteiger partial charge >= 0.3 is 29.6 Å². The van der Waals surface area contributed by atoms with Crippen molar-refractivity contribution in [2.45, 2.75) is 49.0 Å². The molecule has 1 saturated carbocycles. The van der Waals surface area contributed by atoms with E-state index in [4.69, 9.17) is 9.47 Å². The Hall–Kier alpha value is -1.49. The molecule has 2 aromatic rings. The molecule has 2 fully saturated rings. The maximum Gasteiger partial charge on any atom is 1.00 e. The van der Waals surface area contributed by atoms with E-state index in [2.05, 4.69) is 0 Å². The standard InChI is InChI=1S/C22H24O8.Na/c23-11-16-17(24)18(25)19(26)20(30-16)29-15-7-3-13(4-8-15)12-1-5-14(6-2-12)22(9-10-22)21(27)28;/h1-8,16-20,23-26H,9-11H2,(H,27,28);/q;+1/p-1/t16-,17-,18+,19+,20+;/m1./s1. The van der Waals surface area contributed by atoms with Crippen LogP contribution < -0.4 is 39.4 Å². The maximum atomic E-state index is 11.3. The first kappa shape index (κ1) is 24.2. The molecule has 0 amide bonds. The molecule has 5 atom stereocenters. The molecule has 0 aromatic heterocycles. The van der Waals surface area contributed by atoms with Crippen molar-refractivity contribution >= 4 is 5.97 Å². The molecular formula is C22H23NaO8. The summed E-state index contributed by atoms with van der Waals surface area (Å²) in [6, 6.07) is 14.2. The number of carboxylic acids is 1. The zero-order chi connectivity index (χ0) is 21.5. The van der Waals surface area contributed by atoms with Crippen molar-refractivity contribution < 1.29 is 69.4 Å². The van der Waals surface area contributed by atoms with E-state index in [9.17, 15) is 30.3 Å². The molecule has 1 heterocycles. The van der Waals surface area contributed by atoms with Crippen molar-refractivity contribution in [3.8, 4) is 16.9 Å². The summed E-state index contributed by atoms with van der Waals surface area (Å²) in [5, 5.41) is 50.3. The van der Waals surface area contributed by atoms with E-state index in [0.29, 0.717) is 18.6 Å². The first-order valence-corrected chi connectivity index (χ1v) is 9.75. The van der Waals surface area contributed by atoms with E-state index in [1.165, 1.54) is 0 Å². The second kappa shape index (κ2) is 9.56. The second-order valence-corrected chi connectivity index (χ2v) is 7.79. The number of carbonyl (C=O) groups is 1. The van der Waals surface area contributed by atoms with Crippen LogP contribution in [0.4, 0.5) is 0 Å². The molecule has 0 unspecified atom stereocenters. The van der Waals surface area contributed by atoms with Crippen molar-refractivity contribution in [1.82, 2.24) is 0 Å². The van der Waals surface area contributed by atoms with Crippen LogP contribution in [0, 0.1) is 0 Å². The van der Waals surface area contributed by atoms with E-state index in [-0.39, 0.29) is 29.6 Å². The Morgan fingerprint density at radius 2 is 1.52 bits per heavy atom. The molecule has 4 N–H and O–H groups in total. The normalized spacial score (nSPS) is 29.0. The fourth-order valence-electron chi connectivity index (χ4n) is 3.74. The van der Waals surface area contributed by atoms with Crippen LogP contribution in [0.5, 0.6) is 5.75 Å². The smallest absolute Gasteiger partial charge is 0.549 e. The molecule has 160 valence electrons. The summed E-state index contributed by atoms with van der Waals surface area (Å²) in [4.78, 5) is 11.3. The Morgan fingerprint density at radius 1 is 0.968 bits per heavy atom. The Balaban J connectivity index is 0.00000272. The number of aliphatic carboxylic acids is 1. The minimum absolute atomic E-state index is 0. The quantitative estimate of drug-likeness (QED) is 0.338. The van der Waals surface area contributed by atoms with Crippen LogP contribution in [-0.4, -0.2) is 63.7 Å². The van der Waals surface area contributed by atoms with Gasteiger partial charge in [0, 0.05) is 5.41 Å². The van der Waals surface area contributed by atoms with Crippen LogP contribution in [0.2, 0.25) is 0 Å². The van der Waals surface area contributed by atoms with Crippen molar-refractivity contribution in [1.29, 1.82) is 0 Å². The minimum atomic E-state index is -1.51.